The molecule has 0 aliphatic carbocycles. The van der Waals surface area contributed by atoms with Gasteiger partial charge in [-0.15, -0.1) is 0 Å². The lowest BCUT2D eigenvalue weighted by molar-refractivity contribution is 0.216. The summed E-state index contributed by atoms with van der Waals surface area (Å²) >= 11 is 3.46. The van der Waals surface area contributed by atoms with E-state index in [-0.39, 0.29) is 6.10 Å². The molecule has 0 amide bonds. The molecular formula is C12H18BrNO2. The topological polar surface area (TPSA) is 30.5 Å². The summed E-state index contributed by atoms with van der Waals surface area (Å²) in [6.07, 6.45) is 0.143. The average Bonchev–Trinajstić information content (AvgIpc) is 2.29. The van der Waals surface area contributed by atoms with E-state index in [0.717, 1.165) is 29.1 Å². The normalized spacial score (nSPS) is 12.2. The van der Waals surface area contributed by atoms with Crippen molar-refractivity contribution in [2.75, 3.05) is 20.2 Å². The van der Waals surface area contributed by atoms with Crippen LogP contribution in [0.2, 0.25) is 0 Å². The minimum absolute atomic E-state index is 0.143. The number of ether oxygens (including phenoxy) is 2. The molecule has 1 aromatic carbocycles. The zero-order chi connectivity index (χ0) is 12.0. The Kier molecular flexibility index (Phi) is 5.63. The van der Waals surface area contributed by atoms with E-state index in [9.17, 15) is 0 Å². The smallest absolute Gasteiger partial charge is 0.134 e. The fourth-order valence-electron chi connectivity index (χ4n) is 1.31. The van der Waals surface area contributed by atoms with Gasteiger partial charge in [-0.25, -0.2) is 0 Å². The van der Waals surface area contributed by atoms with E-state index in [1.54, 1.807) is 7.11 Å². The maximum Gasteiger partial charge on any atom is 0.134 e. The molecule has 0 bridgehead atoms. The molecule has 0 radical (unpaired) electrons. The molecule has 0 aliphatic heterocycles. The molecule has 0 fully saturated rings. The number of likely N-dealkylation sites (N-methyl/N-ethyl adjacent to an activating group) is 1. The lowest BCUT2D eigenvalue weighted by Crippen LogP contribution is -2.28. The van der Waals surface area contributed by atoms with Crippen LogP contribution in [0, 0.1) is 0 Å². The number of nitrogens with one attached hydrogen (secondary N) is 1. The molecule has 4 heteroatoms. The van der Waals surface area contributed by atoms with Crippen molar-refractivity contribution in [1.82, 2.24) is 5.32 Å². The van der Waals surface area contributed by atoms with E-state index in [1.807, 2.05) is 25.1 Å². The average molecular weight is 288 g/mol. The second-order valence-electron chi connectivity index (χ2n) is 3.53. The van der Waals surface area contributed by atoms with Crippen LogP contribution >= 0.6 is 15.9 Å². The van der Waals surface area contributed by atoms with Gasteiger partial charge in [-0.05, 0) is 47.6 Å². The second-order valence-corrected chi connectivity index (χ2v) is 4.39. The highest BCUT2D eigenvalue weighted by atomic mass is 79.9. The summed E-state index contributed by atoms with van der Waals surface area (Å²) in [6, 6.07) is 5.70. The summed E-state index contributed by atoms with van der Waals surface area (Å²) in [7, 11) is 1.65. The first kappa shape index (κ1) is 13.3. The number of rotatable bonds is 6. The lowest BCUT2D eigenvalue weighted by Gasteiger charge is -2.16. The molecular weight excluding hydrogens is 270 g/mol. The predicted octanol–water partition coefficient (Wildman–Crippen LogP) is 2.83. The van der Waals surface area contributed by atoms with Crippen molar-refractivity contribution in [3.63, 3.8) is 0 Å². The number of benzene rings is 1. The Morgan fingerprint density at radius 2 is 2.19 bits per heavy atom. The van der Waals surface area contributed by atoms with Crippen molar-refractivity contribution in [3.05, 3.63) is 22.7 Å². The third-order valence-corrected chi connectivity index (χ3v) is 2.77. The summed E-state index contributed by atoms with van der Waals surface area (Å²) < 4.78 is 11.8. The van der Waals surface area contributed by atoms with E-state index >= 15 is 0 Å². The van der Waals surface area contributed by atoms with E-state index < -0.39 is 0 Å². The van der Waals surface area contributed by atoms with Gasteiger partial charge in [0.25, 0.3) is 0 Å². The molecule has 0 saturated heterocycles. The zero-order valence-electron chi connectivity index (χ0n) is 9.92. The fraction of sp³-hybridized carbons (Fsp3) is 0.500. The van der Waals surface area contributed by atoms with Crippen LogP contribution in [-0.2, 0) is 0 Å². The lowest BCUT2D eigenvalue weighted by atomic mass is 10.3. The number of halogens is 1. The second kappa shape index (κ2) is 6.76. The van der Waals surface area contributed by atoms with Crippen molar-refractivity contribution in [2.24, 2.45) is 0 Å². The number of hydrogen-bond acceptors (Lipinski definition) is 3. The number of methoxy groups -OCH3 is 1. The largest absolute Gasteiger partial charge is 0.497 e. The highest BCUT2D eigenvalue weighted by Gasteiger charge is 2.07. The van der Waals surface area contributed by atoms with Crippen LogP contribution < -0.4 is 14.8 Å². The summed E-state index contributed by atoms with van der Waals surface area (Å²) in [4.78, 5) is 0. The van der Waals surface area contributed by atoms with Crippen molar-refractivity contribution in [1.29, 1.82) is 0 Å². The van der Waals surface area contributed by atoms with Gasteiger partial charge >= 0.3 is 0 Å². The van der Waals surface area contributed by atoms with E-state index in [2.05, 4.69) is 28.2 Å². The molecule has 0 spiro atoms. The van der Waals surface area contributed by atoms with E-state index in [0.29, 0.717) is 0 Å². The Hall–Kier alpha value is -0.740. The Morgan fingerprint density at radius 3 is 2.75 bits per heavy atom. The molecule has 0 heterocycles. The SMILES string of the molecule is CCNCC(C)Oc1ccc(OC)cc1Br. The zero-order valence-corrected chi connectivity index (χ0v) is 11.5. The Morgan fingerprint density at radius 1 is 1.44 bits per heavy atom. The van der Waals surface area contributed by atoms with Crippen molar-refractivity contribution < 1.29 is 9.47 Å². The van der Waals surface area contributed by atoms with Gasteiger partial charge in [0.15, 0.2) is 0 Å². The van der Waals surface area contributed by atoms with Crippen LogP contribution in [0.5, 0.6) is 11.5 Å². The highest BCUT2D eigenvalue weighted by Crippen LogP contribution is 2.29. The summed E-state index contributed by atoms with van der Waals surface area (Å²) in [5.74, 6) is 1.66. The van der Waals surface area contributed by atoms with Gasteiger partial charge in [0, 0.05) is 6.54 Å². The third kappa shape index (κ3) is 4.02. The fourth-order valence-corrected chi connectivity index (χ4v) is 1.76. The van der Waals surface area contributed by atoms with Crippen LogP contribution in [0.15, 0.2) is 22.7 Å². The van der Waals surface area contributed by atoms with Crippen molar-refractivity contribution >= 4 is 15.9 Å². The van der Waals surface area contributed by atoms with Crippen molar-refractivity contribution in [2.45, 2.75) is 20.0 Å². The van der Waals surface area contributed by atoms with Gasteiger partial charge < -0.3 is 14.8 Å². The van der Waals surface area contributed by atoms with Crippen molar-refractivity contribution in [3.8, 4) is 11.5 Å². The van der Waals surface area contributed by atoms with Crippen LogP contribution in [0.25, 0.3) is 0 Å². The molecule has 1 rings (SSSR count). The van der Waals surface area contributed by atoms with Crippen LogP contribution in [0.4, 0.5) is 0 Å². The Labute approximate surface area is 105 Å². The summed E-state index contributed by atoms with van der Waals surface area (Å²) in [5, 5.41) is 3.25. The predicted molar refractivity (Wildman–Crippen MR) is 69.3 cm³/mol. The molecule has 90 valence electrons. The minimum Gasteiger partial charge on any atom is -0.497 e. The standard InChI is InChI=1S/C12H18BrNO2/c1-4-14-8-9(2)16-12-6-5-10(15-3)7-11(12)13/h5-7,9,14H,4,8H2,1-3H3. The quantitative estimate of drug-likeness (QED) is 0.873. The Balaban J connectivity index is 2.59. The third-order valence-electron chi connectivity index (χ3n) is 2.15. The minimum atomic E-state index is 0.143. The maximum absolute atomic E-state index is 5.78. The molecule has 0 saturated carbocycles. The molecule has 1 atom stereocenters. The van der Waals surface area contributed by atoms with Crippen LogP contribution in [-0.4, -0.2) is 26.3 Å². The first-order valence-corrected chi connectivity index (χ1v) is 6.17. The van der Waals surface area contributed by atoms with Gasteiger partial charge in [-0.1, -0.05) is 6.92 Å². The molecule has 1 N–H and O–H groups in total. The summed E-state index contributed by atoms with van der Waals surface area (Å²) in [6.45, 7) is 5.92. The summed E-state index contributed by atoms with van der Waals surface area (Å²) in [5.41, 5.74) is 0. The molecule has 1 aromatic rings. The first-order valence-electron chi connectivity index (χ1n) is 5.38. The number of hydrogen-bond donors (Lipinski definition) is 1. The van der Waals surface area contributed by atoms with E-state index in [4.69, 9.17) is 9.47 Å². The van der Waals surface area contributed by atoms with Gasteiger partial charge in [0.05, 0.1) is 11.6 Å². The van der Waals surface area contributed by atoms with Gasteiger partial charge in [-0.2, -0.15) is 0 Å². The van der Waals surface area contributed by atoms with Crippen LogP contribution in [0.1, 0.15) is 13.8 Å². The first-order chi connectivity index (χ1) is 7.67. The molecule has 0 aromatic heterocycles. The molecule has 1 unspecified atom stereocenters. The van der Waals surface area contributed by atoms with Gasteiger partial charge in [0.2, 0.25) is 0 Å². The highest BCUT2D eigenvalue weighted by molar-refractivity contribution is 9.10. The van der Waals surface area contributed by atoms with Gasteiger partial charge in [-0.3, -0.25) is 0 Å². The Bertz CT molecular complexity index is 331. The van der Waals surface area contributed by atoms with E-state index in [1.165, 1.54) is 0 Å². The van der Waals surface area contributed by atoms with Crippen LogP contribution in [0.3, 0.4) is 0 Å². The molecule has 0 aliphatic rings. The molecule has 16 heavy (non-hydrogen) atoms. The van der Waals surface area contributed by atoms with Gasteiger partial charge in [0.1, 0.15) is 17.6 Å². The monoisotopic (exact) mass is 287 g/mol. The molecule has 3 nitrogen and oxygen atoms in total. The maximum atomic E-state index is 5.78.